The fraction of sp³-hybridized carbons (Fsp3) is 0.214. The third kappa shape index (κ3) is 5.07. The van der Waals surface area contributed by atoms with Gasteiger partial charge in [-0.25, -0.2) is 0 Å². The summed E-state index contributed by atoms with van der Waals surface area (Å²) < 4.78 is 5.78. The van der Waals surface area contributed by atoms with E-state index in [2.05, 4.69) is 13.8 Å². The first-order chi connectivity index (χ1) is 16.7. The molecule has 1 N–H and O–H groups in total. The van der Waals surface area contributed by atoms with Crippen LogP contribution in [0.3, 0.4) is 0 Å². The summed E-state index contributed by atoms with van der Waals surface area (Å²) in [6, 6.07) is 18.2. The summed E-state index contributed by atoms with van der Waals surface area (Å²) in [5, 5.41) is 11.8. The number of aryl methyl sites for hydroxylation is 1. The van der Waals surface area contributed by atoms with Crippen LogP contribution in [0.5, 0.6) is 5.75 Å². The van der Waals surface area contributed by atoms with Gasteiger partial charge < -0.3 is 9.84 Å². The van der Waals surface area contributed by atoms with Gasteiger partial charge in [0.15, 0.2) is 0 Å². The van der Waals surface area contributed by atoms with Gasteiger partial charge in [0.25, 0.3) is 11.7 Å². The molecule has 0 aromatic heterocycles. The van der Waals surface area contributed by atoms with Gasteiger partial charge in [-0.05, 0) is 60.9 Å². The molecule has 5 nitrogen and oxygen atoms in total. The zero-order valence-electron chi connectivity index (χ0n) is 19.6. The van der Waals surface area contributed by atoms with E-state index < -0.39 is 17.7 Å². The minimum Gasteiger partial charge on any atom is -0.507 e. The number of anilines is 1. The Balaban J connectivity index is 1.85. The Hall–Kier alpha value is -3.28. The molecule has 0 spiro atoms. The first-order valence-corrected chi connectivity index (χ1v) is 12.0. The highest BCUT2D eigenvalue weighted by Gasteiger charge is 2.47. The zero-order chi connectivity index (χ0) is 25.3. The number of Topliss-reactive ketones (excluding diaryl/α,β-unsaturated/α-hetero) is 1. The van der Waals surface area contributed by atoms with E-state index in [9.17, 15) is 14.7 Å². The molecule has 1 aliphatic heterocycles. The van der Waals surface area contributed by atoms with Crippen LogP contribution in [-0.2, 0) is 9.59 Å². The van der Waals surface area contributed by atoms with Crippen LogP contribution < -0.4 is 9.64 Å². The zero-order valence-corrected chi connectivity index (χ0v) is 21.1. The van der Waals surface area contributed by atoms with Crippen LogP contribution in [0.15, 0.2) is 72.3 Å². The molecule has 1 unspecified atom stereocenters. The Morgan fingerprint density at radius 2 is 1.63 bits per heavy atom. The van der Waals surface area contributed by atoms with E-state index >= 15 is 0 Å². The van der Waals surface area contributed by atoms with Crippen LogP contribution in [0.25, 0.3) is 5.76 Å². The minimum absolute atomic E-state index is 0.0233. The number of ether oxygens (including phenoxy) is 1. The Morgan fingerprint density at radius 1 is 0.971 bits per heavy atom. The molecule has 1 heterocycles. The lowest BCUT2D eigenvalue weighted by Crippen LogP contribution is -2.29. The number of nitrogens with zero attached hydrogens (tertiary/aromatic N) is 1. The topological polar surface area (TPSA) is 66.8 Å². The predicted octanol–water partition coefficient (Wildman–Crippen LogP) is 6.96. The average molecular weight is 510 g/mol. The van der Waals surface area contributed by atoms with Gasteiger partial charge in [-0.3, -0.25) is 14.5 Å². The Morgan fingerprint density at radius 3 is 2.23 bits per heavy atom. The standard InChI is InChI=1S/C28H25Cl2NO4/c1-16(2)15-35-21-11-6-18(7-12-21)25-24(26(32)19-8-13-22(29)23(30)14-19)27(33)28(34)31(25)20-9-4-17(3)5-10-20/h4-14,16,25,32H,15H2,1-3H3/b26-24-. The molecule has 0 radical (unpaired) electrons. The maximum atomic E-state index is 13.3. The van der Waals surface area contributed by atoms with E-state index in [1.807, 2.05) is 19.1 Å². The molecule has 0 bridgehead atoms. The van der Waals surface area contributed by atoms with Gasteiger partial charge in [0.2, 0.25) is 0 Å². The molecule has 3 aromatic rings. The predicted molar refractivity (Wildman–Crippen MR) is 139 cm³/mol. The van der Waals surface area contributed by atoms with E-state index in [0.717, 1.165) is 5.56 Å². The SMILES string of the molecule is Cc1ccc(N2C(=O)C(=O)/C(=C(\O)c3ccc(Cl)c(Cl)c3)C2c2ccc(OCC(C)C)cc2)cc1. The van der Waals surface area contributed by atoms with Crippen LogP contribution in [0, 0.1) is 12.8 Å². The molecule has 7 heteroatoms. The summed E-state index contributed by atoms with van der Waals surface area (Å²) in [7, 11) is 0. The number of ketones is 1. The van der Waals surface area contributed by atoms with Crippen molar-refractivity contribution in [3.8, 4) is 5.75 Å². The van der Waals surface area contributed by atoms with Crippen LogP contribution in [0.4, 0.5) is 5.69 Å². The van der Waals surface area contributed by atoms with Crippen molar-refractivity contribution in [3.05, 3.63) is 99.0 Å². The number of amides is 1. The van der Waals surface area contributed by atoms with E-state index in [1.165, 1.54) is 17.0 Å². The van der Waals surface area contributed by atoms with Crippen molar-refractivity contribution in [1.29, 1.82) is 0 Å². The van der Waals surface area contributed by atoms with Crippen LogP contribution in [0.1, 0.15) is 36.6 Å². The summed E-state index contributed by atoms with van der Waals surface area (Å²) in [4.78, 5) is 27.9. The first-order valence-electron chi connectivity index (χ1n) is 11.2. The molecule has 1 saturated heterocycles. The molecule has 3 aromatic carbocycles. The highest BCUT2D eigenvalue weighted by atomic mass is 35.5. The van der Waals surface area contributed by atoms with Crippen molar-refractivity contribution in [1.82, 2.24) is 0 Å². The van der Waals surface area contributed by atoms with Crippen molar-refractivity contribution in [2.24, 2.45) is 5.92 Å². The van der Waals surface area contributed by atoms with Gasteiger partial charge in [0, 0.05) is 11.3 Å². The third-order valence-corrected chi connectivity index (χ3v) is 6.47. The van der Waals surface area contributed by atoms with Crippen molar-refractivity contribution in [2.75, 3.05) is 11.5 Å². The summed E-state index contributed by atoms with van der Waals surface area (Å²) in [6.45, 7) is 6.63. The lowest BCUT2D eigenvalue weighted by atomic mass is 9.95. The van der Waals surface area contributed by atoms with Gasteiger partial charge in [-0.2, -0.15) is 0 Å². The molecule has 1 fully saturated rings. The average Bonchev–Trinajstić information content (AvgIpc) is 3.10. The summed E-state index contributed by atoms with van der Waals surface area (Å²) in [5.74, 6) is -0.768. The van der Waals surface area contributed by atoms with Crippen molar-refractivity contribution in [2.45, 2.75) is 26.8 Å². The molecule has 4 rings (SSSR count). The largest absolute Gasteiger partial charge is 0.507 e. The molecule has 180 valence electrons. The quantitative estimate of drug-likeness (QED) is 0.221. The van der Waals surface area contributed by atoms with Crippen molar-refractivity contribution < 1.29 is 19.4 Å². The van der Waals surface area contributed by atoms with E-state index in [4.69, 9.17) is 27.9 Å². The lowest BCUT2D eigenvalue weighted by molar-refractivity contribution is -0.132. The summed E-state index contributed by atoms with van der Waals surface area (Å²) in [5.41, 5.74) is 2.50. The summed E-state index contributed by atoms with van der Waals surface area (Å²) in [6.07, 6.45) is 0. The number of hydrogen-bond donors (Lipinski definition) is 1. The maximum Gasteiger partial charge on any atom is 0.300 e. The van der Waals surface area contributed by atoms with Crippen molar-refractivity contribution >= 4 is 46.3 Å². The molecule has 1 amide bonds. The summed E-state index contributed by atoms with van der Waals surface area (Å²) >= 11 is 12.2. The van der Waals surface area contributed by atoms with E-state index in [1.54, 1.807) is 42.5 Å². The molecular formula is C28H25Cl2NO4. The number of carbonyl (C=O) groups is 2. The van der Waals surface area contributed by atoms with Gasteiger partial charge in [0.05, 0.1) is 28.3 Å². The maximum absolute atomic E-state index is 13.3. The second kappa shape index (κ2) is 10.1. The van der Waals surface area contributed by atoms with Gasteiger partial charge in [0.1, 0.15) is 11.5 Å². The number of benzene rings is 3. The normalized spacial score (nSPS) is 17.3. The monoisotopic (exact) mass is 509 g/mol. The van der Waals surface area contributed by atoms with Crippen LogP contribution in [-0.4, -0.2) is 23.4 Å². The van der Waals surface area contributed by atoms with E-state index in [0.29, 0.717) is 40.1 Å². The van der Waals surface area contributed by atoms with Crippen LogP contribution in [0.2, 0.25) is 10.0 Å². The highest BCUT2D eigenvalue weighted by molar-refractivity contribution is 6.51. The third-order valence-electron chi connectivity index (χ3n) is 5.73. The Bertz CT molecular complexity index is 1300. The number of rotatable bonds is 6. The molecule has 0 aliphatic carbocycles. The van der Waals surface area contributed by atoms with Gasteiger partial charge in [-0.15, -0.1) is 0 Å². The Labute approximate surface area is 214 Å². The molecule has 35 heavy (non-hydrogen) atoms. The molecule has 0 saturated carbocycles. The van der Waals surface area contributed by atoms with Crippen LogP contribution >= 0.6 is 23.2 Å². The van der Waals surface area contributed by atoms with Gasteiger partial charge in [-0.1, -0.05) is 66.9 Å². The smallest absolute Gasteiger partial charge is 0.300 e. The fourth-order valence-electron chi connectivity index (χ4n) is 3.93. The lowest BCUT2D eigenvalue weighted by Gasteiger charge is -2.25. The number of aliphatic hydroxyl groups is 1. The second-order valence-electron chi connectivity index (χ2n) is 8.91. The van der Waals surface area contributed by atoms with Gasteiger partial charge >= 0.3 is 0 Å². The molecular weight excluding hydrogens is 485 g/mol. The molecule has 1 atom stereocenters. The molecule has 1 aliphatic rings. The second-order valence-corrected chi connectivity index (χ2v) is 9.72. The number of hydrogen-bond acceptors (Lipinski definition) is 4. The van der Waals surface area contributed by atoms with Crippen molar-refractivity contribution in [3.63, 3.8) is 0 Å². The highest BCUT2D eigenvalue weighted by Crippen LogP contribution is 2.43. The number of aliphatic hydroxyl groups excluding tert-OH is 1. The first kappa shape index (κ1) is 24.8. The van der Waals surface area contributed by atoms with E-state index in [-0.39, 0.29) is 16.4 Å². The number of halogens is 2. The number of carbonyl (C=O) groups excluding carboxylic acids is 2. The Kier molecular flexibility index (Phi) is 7.20. The minimum atomic E-state index is -0.841. The fourth-order valence-corrected chi connectivity index (χ4v) is 4.23.